The van der Waals surface area contributed by atoms with Crippen LogP contribution in [0.2, 0.25) is 5.02 Å². The third-order valence-electron chi connectivity index (χ3n) is 2.50. The number of hydrogen-bond donors (Lipinski definition) is 2. The zero-order chi connectivity index (χ0) is 11.9. The Balaban J connectivity index is 2.64. The zero-order valence-corrected chi connectivity index (χ0v) is 9.63. The second kappa shape index (κ2) is 3.96. The minimum Gasteiger partial charge on any atom is -0.339 e. The first-order valence-corrected chi connectivity index (χ1v) is 5.36. The van der Waals surface area contributed by atoms with Gasteiger partial charge in [-0.05, 0) is 31.0 Å². The molecule has 0 aliphatic heterocycles. The van der Waals surface area contributed by atoms with E-state index >= 15 is 0 Å². The number of halogens is 2. The summed E-state index contributed by atoms with van der Waals surface area (Å²) in [7, 11) is 0. The molecule has 1 atom stereocenters. The maximum Gasteiger partial charge on any atom is 0.142 e. The molecular weight excluding hydrogens is 229 g/mol. The molecule has 2 rings (SSSR count). The number of nitrogen functional groups attached to an aromatic ring is 1. The van der Waals surface area contributed by atoms with Crippen molar-refractivity contribution in [3.05, 3.63) is 34.7 Å². The van der Waals surface area contributed by atoms with Gasteiger partial charge in [-0.3, -0.25) is 4.68 Å². The summed E-state index contributed by atoms with van der Waals surface area (Å²) in [5.41, 5.74) is 7.37. The van der Waals surface area contributed by atoms with E-state index in [-0.39, 0.29) is 11.1 Å². The minimum absolute atomic E-state index is 0.00402. The Morgan fingerprint density at radius 3 is 2.81 bits per heavy atom. The number of benzene rings is 1. The molecule has 4 N–H and O–H groups in total. The SMILES string of the molecule is CC(N)Cc1cn(N)c2cc(Cl)c(F)cc12. The topological polar surface area (TPSA) is 57.0 Å². The number of fused-ring (bicyclic) bond motifs is 1. The van der Waals surface area contributed by atoms with E-state index in [4.69, 9.17) is 23.2 Å². The highest BCUT2D eigenvalue weighted by Gasteiger charge is 2.12. The molecule has 0 aliphatic carbocycles. The maximum absolute atomic E-state index is 13.4. The van der Waals surface area contributed by atoms with Gasteiger partial charge in [0, 0.05) is 17.6 Å². The summed E-state index contributed by atoms with van der Waals surface area (Å²) >= 11 is 5.71. The Kier molecular flexibility index (Phi) is 2.78. The van der Waals surface area contributed by atoms with Crippen molar-refractivity contribution in [2.75, 3.05) is 5.84 Å². The van der Waals surface area contributed by atoms with Crippen molar-refractivity contribution in [3.63, 3.8) is 0 Å². The monoisotopic (exact) mass is 241 g/mol. The molecule has 1 heterocycles. The normalized spacial score (nSPS) is 13.2. The highest BCUT2D eigenvalue weighted by molar-refractivity contribution is 6.31. The van der Waals surface area contributed by atoms with Crippen LogP contribution in [0.1, 0.15) is 12.5 Å². The fourth-order valence-electron chi connectivity index (χ4n) is 1.82. The highest BCUT2D eigenvalue weighted by Crippen LogP contribution is 2.26. The van der Waals surface area contributed by atoms with Gasteiger partial charge in [0.1, 0.15) is 5.82 Å². The van der Waals surface area contributed by atoms with Gasteiger partial charge < -0.3 is 11.6 Å². The Hall–Kier alpha value is -1.26. The first-order valence-electron chi connectivity index (χ1n) is 4.98. The molecule has 0 radical (unpaired) electrons. The van der Waals surface area contributed by atoms with E-state index in [1.54, 1.807) is 6.20 Å². The largest absolute Gasteiger partial charge is 0.339 e. The van der Waals surface area contributed by atoms with E-state index in [9.17, 15) is 4.39 Å². The van der Waals surface area contributed by atoms with Gasteiger partial charge in [0.05, 0.1) is 10.5 Å². The van der Waals surface area contributed by atoms with Crippen LogP contribution < -0.4 is 11.6 Å². The van der Waals surface area contributed by atoms with Crippen LogP contribution in [0.5, 0.6) is 0 Å². The molecule has 0 bridgehead atoms. The second-order valence-electron chi connectivity index (χ2n) is 4.03. The van der Waals surface area contributed by atoms with Crippen LogP contribution in [0, 0.1) is 5.82 Å². The van der Waals surface area contributed by atoms with Crippen LogP contribution in [0.15, 0.2) is 18.3 Å². The fraction of sp³-hybridized carbons (Fsp3) is 0.273. The van der Waals surface area contributed by atoms with E-state index < -0.39 is 5.82 Å². The molecule has 86 valence electrons. The van der Waals surface area contributed by atoms with E-state index in [0.717, 1.165) is 10.9 Å². The van der Waals surface area contributed by atoms with Crippen molar-refractivity contribution in [1.82, 2.24) is 4.68 Å². The van der Waals surface area contributed by atoms with Crippen molar-refractivity contribution < 1.29 is 4.39 Å². The van der Waals surface area contributed by atoms with Gasteiger partial charge in [-0.2, -0.15) is 0 Å². The molecule has 3 nitrogen and oxygen atoms in total. The minimum atomic E-state index is -0.439. The molecule has 2 aromatic rings. The molecule has 1 unspecified atom stereocenters. The third kappa shape index (κ3) is 1.86. The first-order chi connectivity index (χ1) is 7.49. The smallest absolute Gasteiger partial charge is 0.142 e. The predicted molar refractivity (Wildman–Crippen MR) is 64.4 cm³/mol. The quantitative estimate of drug-likeness (QED) is 0.791. The number of nitrogens with two attached hydrogens (primary N) is 2. The number of nitrogens with zero attached hydrogens (tertiary/aromatic N) is 1. The van der Waals surface area contributed by atoms with Gasteiger partial charge in [0.15, 0.2) is 0 Å². The van der Waals surface area contributed by atoms with Gasteiger partial charge in [0.2, 0.25) is 0 Å². The summed E-state index contributed by atoms with van der Waals surface area (Å²) in [6.07, 6.45) is 2.41. The lowest BCUT2D eigenvalue weighted by Crippen LogP contribution is -2.17. The summed E-state index contributed by atoms with van der Waals surface area (Å²) in [5, 5.41) is 0.839. The molecule has 0 saturated carbocycles. The van der Waals surface area contributed by atoms with Crippen molar-refractivity contribution in [3.8, 4) is 0 Å². The van der Waals surface area contributed by atoms with Crippen LogP contribution >= 0.6 is 11.6 Å². The van der Waals surface area contributed by atoms with Crippen LogP contribution in [0.25, 0.3) is 10.9 Å². The zero-order valence-electron chi connectivity index (χ0n) is 8.87. The molecule has 0 fully saturated rings. The lowest BCUT2D eigenvalue weighted by atomic mass is 10.1. The van der Waals surface area contributed by atoms with Crippen molar-refractivity contribution in [2.24, 2.45) is 5.73 Å². The van der Waals surface area contributed by atoms with E-state index in [1.165, 1.54) is 16.8 Å². The van der Waals surface area contributed by atoms with E-state index in [2.05, 4.69) is 0 Å². The average Bonchev–Trinajstić information content (AvgIpc) is 2.44. The summed E-state index contributed by atoms with van der Waals surface area (Å²) < 4.78 is 14.8. The van der Waals surface area contributed by atoms with E-state index in [1.807, 2.05) is 6.92 Å². The Morgan fingerprint density at radius 2 is 2.19 bits per heavy atom. The average molecular weight is 242 g/mol. The summed E-state index contributed by atoms with van der Waals surface area (Å²) in [6.45, 7) is 1.89. The standard InChI is InChI=1S/C11H13ClFN3/c1-6(14)2-7-5-16(15)11-4-9(12)10(13)3-8(7)11/h3-6H,2,14-15H2,1H3. The van der Waals surface area contributed by atoms with Gasteiger partial charge in [0.25, 0.3) is 0 Å². The second-order valence-corrected chi connectivity index (χ2v) is 4.43. The number of rotatable bonds is 2. The van der Waals surface area contributed by atoms with Crippen molar-refractivity contribution >= 4 is 22.5 Å². The van der Waals surface area contributed by atoms with Gasteiger partial charge in [-0.25, -0.2) is 4.39 Å². The maximum atomic E-state index is 13.4. The molecular formula is C11H13ClFN3. The Morgan fingerprint density at radius 1 is 1.50 bits per heavy atom. The summed E-state index contributed by atoms with van der Waals surface area (Å²) in [6, 6.07) is 2.93. The number of hydrogen-bond acceptors (Lipinski definition) is 2. The van der Waals surface area contributed by atoms with Crippen LogP contribution in [-0.2, 0) is 6.42 Å². The lowest BCUT2D eigenvalue weighted by molar-refractivity contribution is 0.630. The van der Waals surface area contributed by atoms with E-state index in [0.29, 0.717) is 11.9 Å². The van der Waals surface area contributed by atoms with Crippen LogP contribution in [0.3, 0.4) is 0 Å². The fourth-order valence-corrected chi connectivity index (χ4v) is 1.98. The van der Waals surface area contributed by atoms with Crippen molar-refractivity contribution in [2.45, 2.75) is 19.4 Å². The third-order valence-corrected chi connectivity index (χ3v) is 2.79. The Bertz CT molecular complexity index is 533. The molecule has 0 aliphatic rings. The number of aromatic nitrogens is 1. The summed E-state index contributed by atoms with van der Waals surface area (Å²) in [4.78, 5) is 0. The molecule has 0 amide bonds. The Labute approximate surface area is 97.7 Å². The highest BCUT2D eigenvalue weighted by atomic mass is 35.5. The molecule has 16 heavy (non-hydrogen) atoms. The molecule has 1 aromatic carbocycles. The van der Waals surface area contributed by atoms with Crippen LogP contribution in [0.4, 0.5) is 4.39 Å². The first kappa shape index (κ1) is 11.2. The van der Waals surface area contributed by atoms with Gasteiger partial charge in [-0.15, -0.1) is 0 Å². The summed E-state index contributed by atoms with van der Waals surface area (Å²) in [5.74, 6) is 5.33. The van der Waals surface area contributed by atoms with Crippen molar-refractivity contribution in [1.29, 1.82) is 0 Å². The lowest BCUT2D eigenvalue weighted by Gasteiger charge is -2.03. The molecule has 1 aromatic heterocycles. The molecule has 0 saturated heterocycles. The van der Waals surface area contributed by atoms with Crippen LogP contribution in [-0.4, -0.2) is 10.7 Å². The van der Waals surface area contributed by atoms with Gasteiger partial charge in [-0.1, -0.05) is 11.6 Å². The van der Waals surface area contributed by atoms with Gasteiger partial charge >= 0.3 is 0 Å². The molecule has 5 heteroatoms. The predicted octanol–water partition coefficient (Wildman–Crippen LogP) is 2.04. The molecule has 0 spiro atoms.